The van der Waals surface area contributed by atoms with E-state index < -0.39 is 0 Å². The van der Waals surface area contributed by atoms with Gasteiger partial charge in [-0.05, 0) is 60.7 Å². The molecule has 31 heavy (non-hydrogen) atoms. The number of ether oxygens (including phenoxy) is 2. The predicted molar refractivity (Wildman–Crippen MR) is 123 cm³/mol. The third-order valence-electron chi connectivity index (χ3n) is 4.64. The van der Waals surface area contributed by atoms with Crippen molar-refractivity contribution >= 4 is 32.4 Å². The van der Waals surface area contributed by atoms with Gasteiger partial charge < -0.3 is 14.8 Å². The SMILES string of the molecule is COc1ncccc1-c1cccnc1Oc1ccc(Nc2nc3ccccc3s2)cc1. The summed E-state index contributed by atoms with van der Waals surface area (Å²) in [4.78, 5) is 13.3. The van der Waals surface area contributed by atoms with Crippen LogP contribution in [0.25, 0.3) is 21.3 Å². The molecular formula is C24H18N4O2S. The monoisotopic (exact) mass is 426 g/mol. The predicted octanol–water partition coefficient (Wildman–Crippen LogP) is 6.30. The van der Waals surface area contributed by atoms with Gasteiger partial charge in [-0.2, -0.15) is 0 Å². The molecule has 0 aliphatic rings. The molecule has 152 valence electrons. The molecule has 0 spiro atoms. The number of thiazole rings is 1. The van der Waals surface area contributed by atoms with E-state index in [1.165, 1.54) is 0 Å². The third kappa shape index (κ3) is 4.04. The Morgan fingerprint density at radius 1 is 0.774 bits per heavy atom. The van der Waals surface area contributed by atoms with Gasteiger partial charge in [-0.15, -0.1) is 0 Å². The fourth-order valence-electron chi connectivity index (χ4n) is 3.20. The van der Waals surface area contributed by atoms with Crippen molar-refractivity contribution in [3.63, 3.8) is 0 Å². The number of nitrogens with one attached hydrogen (secondary N) is 1. The van der Waals surface area contributed by atoms with Crippen LogP contribution in [-0.4, -0.2) is 22.1 Å². The van der Waals surface area contributed by atoms with Crippen LogP contribution in [0.3, 0.4) is 0 Å². The van der Waals surface area contributed by atoms with Crippen molar-refractivity contribution in [2.24, 2.45) is 0 Å². The number of rotatable bonds is 6. The largest absolute Gasteiger partial charge is 0.481 e. The highest BCUT2D eigenvalue weighted by atomic mass is 32.1. The first kappa shape index (κ1) is 19.0. The molecular weight excluding hydrogens is 408 g/mol. The molecule has 0 saturated heterocycles. The zero-order chi connectivity index (χ0) is 21.0. The molecule has 5 aromatic rings. The summed E-state index contributed by atoms with van der Waals surface area (Å²) >= 11 is 1.62. The van der Waals surface area contributed by atoms with Crippen molar-refractivity contribution in [3.05, 3.63) is 85.2 Å². The Bertz CT molecular complexity index is 1300. The Labute approximate surface area is 183 Å². The van der Waals surface area contributed by atoms with E-state index in [1.54, 1.807) is 30.8 Å². The number of methoxy groups -OCH3 is 1. The number of para-hydroxylation sites is 1. The second-order valence-electron chi connectivity index (χ2n) is 6.65. The van der Waals surface area contributed by atoms with Gasteiger partial charge in [-0.3, -0.25) is 0 Å². The van der Waals surface area contributed by atoms with Gasteiger partial charge in [0.05, 0.1) is 17.3 Å². The number of aromatic nitrogens is 3. The van der Waals surface area contributed by atoms with E-state index in [1.807, 2.05) is 66.7 Å². The second kappa shape index (κ2) is 8.41. The van der Waals surface area contributed by atoms with Crippen molar-refractivity contribution in [2.75, 3.05) is 12.4 Å². The number of pyridine rings is 2. The average molecular weight is 427 g/mol. The summed E-state index contributed by atoms with van der Waals surface area (Å²) < 4.78 is 12.6. The van der Waals surface area contributed by atoms with Gasteiger partial charge in [0.2, 0.25) is 11.8 Å². The summed E-state index contributed by atoms with van der Waals surface area (Å²) in [5, 5.41) is 4.20. The maximum Gasteiger partial charge on any atom is 0.227 e. The quantitative estimate of drug-likeness (QED) is 0.344. The maximum absolute atomic E-state index is 6.08. The van der Waals surface area contributed by atoms with Gasteiger partial charge in [0.15, 0.2) is 5.13 Å². The first-order valence-electron chi connectivity index (χ1n) is 9.65. The number of benzene rings is 2. The van der Waals surface area contributed by atoms with Crippen LogP contribution in [-0.2, 0) is 0 Å². The Morgan fingerprint density at radius 3 is 2.23 bits per heavy atom. The van der Waals surface area contributed by atoms with Crippen LogP contribution in [0.2, 0.25) is 0 Å². The molecule has 0 atom stereocenters. The van der Waals surface area contributed by atoms with Crippen LogP contribution in [0.4, 0.5) is 10.8 Å². The molecule has 0 unspecified atom stereocenters. The molecule has 0 amide bonds. The van der Waals surface area contributed by atoms with E-state index in [-0.39, 0.29) is 0 Å². The normalized spacial score (nSPS) is 10.7. The summed E-state index contributed by atoms with van der Waals surface area (Å²) in [5.41, 5.74) is 3.55. The molecule has 3 heterocycles. The third-order valence-corrected chi connectivity index (χ3v) is 5.59. The standard InChI is InChI=1S/C24H18N4O2S/c1-29-22-18(6-4-14-25-22)19-7-5-15-26-23(19)30-17-12-10-16(11-13-17)27-24-28-20-8-2-3-9-21(20)31-24/h2-15H,1H3,(H,27,28). The van der Waals surface area contributed by atoms with Crippen LogP contribution in [0.15, 0.2) is 85.2 Å². The topological polar surface area (TPSA) is 69.2 Å². The number of fused-ring (bicyclic) bond motifs is 1. The first-order chi connectivity index (χ1) is 15.3. The molecule has 0 radical (unpaired) electrons. The molecule has 0 bridgehead atoms. The van der Waals surface area contributed by atoms with Gasteiger partial charge in [0, 0.05) is 29.2 Å². The number of anilines is 2. The van der Waals surface area contributed by atoms with Gasteiger partial charge in [0.25, 0.3) is 0 Å². The highest BCUT2D eigenvalue weighted by molar-refractivity contribution is 7.22. The summed E-state index contributed by atoms with van der Waals surface area (Å²) in [7, 11) is 1.60. The second-order valence-corrected chi connectivity index (χ2v) is 7.69. The van der Waals surface area contributed by atoms with Crippen LogP contribution in [0.5, 0.6) is 17.5 Å². The lowest BCUT2D eigenvalue weighted by atomic mass is 10.1. The van der Waals surface area contributed by atoms with E-state index in [0.29, 0.717) is 17.5 Å². The highest BCUT2D eigenvalue weighted by Crippen LogP contribution is 2.36. The van der Waals surface area contributed by atoms with Crippen molar-refractivity contribution in [1.82, 2.24) is 15.0 Å². The number of nitrogens with zero attached hydrogens (tertiary/aromatic N) is 3. The van der Waals surface area contributed by atoms with Crippen LogP contribution in [0, 0.1) is 0 Å². The molecule has 0 aliphatic carbocycles. The molecule has 2 aromatic carbocycles. The van der Waals surface area contributed by atoms with Gasteiger partial charge >= 0.3 is 0 Å². The Morgan fingerprint density at radius 2 is 1.48 bits per heavy atom. The van der Waals surface area contributed by atoms with Gasteiger partial charge in [-0.25, -0.2) is 15.0 Å². The minimum absolute atomic E-state index is 0.487. The van der Waals surface area contributed by atoms with Crippen molar-refractivity contribution in [1.29, 1.82) is 0 Å². The van der Waals surface area contributed by atoms with Crippen molar-refractivity contribution in [2.45, 2.75) is 0 Å². The minimum atomic E-state index is 0.487. The van der Waals surface area contributed by atoms with E-state index in [4.69, 9.17) is 9.47 Å². The Kier molecular flexibility index (Phi) is 5.16. The van der Waals surface area contributed by atoms with Crippen LogP contribution in [0.1, 0.15) is 0 Å². The van der Waals surface area contributed by atoms with E-state index in [9.17, 15) is 0 Å². The van der Waals surface area contributed by atoms with Crippen LogP contribution >= 0.6 is 11.3 Å². The fraction of sp³-hybridized carbons (Fsp3) is 0.0417. The summed E-state index contributed by atoms with van der Waals surface area (Å²) in [6, 6.07) is 23.4. The fourth-order valence-corrected chi connectivity index (χ4v) is 4.09. The van der Waals surface area contributed by atoms with E-state index >= 15 is 0 Å². The number of hydrogen-bond donors (Lipinski definition) is 1. The zero-order valence-electron chi connectivity index (χ0n) is 16.6. The molecule has 0 aliphatic heterocycles. The highest BCUT2D eigenvalue weighted by Gasteiger charge is 2.14. The minimum Gasteiger partial charge on any atom is -0.481 e. The van der Waals surface area contributed by atoms with Crippen molar-refractivity contribution in [3.8, 4) is 28.6 Å². The smallest absolute Gasteiger partial charge is 0.227 e. The lowest BCUT2D eigenvalue weighted by molar-refractivity contribution is 0.399. The molecule has 7 heteroatoms. The molecule has 1 N–H and O–H groups in total. The number of hydrogen-bond acceptors (Lipinski definition) is 7. The van der Waals surface area contributed by atoms with E-state index in [2.05, 4.69) is 26.3 Å². The van der Waals surface area contributed by atoms with Gasteiger partial charge in [-0.1, -0.05) is 23.5 Å². The Balaban J connectivity index is 1.37. The van der Waals surface area contributed by atoms with E-state index in [0.717, 1.165) is 32.2 Å². The summed E-state index contributed by atoms with van der Waals surface area (Å²) in [6.07, 6.45) is 3.39. The maximum atomic E-state index is 6.08. The van der Waals surface area contributed by atoms with Crippen LogP contribution < -0.4 is 14.8 Å². The Hall–Kier alpha value is -3.97. The molecule has 3 aromatic heterocycles. The summed E-state index contributed by atoms with van der Waals surface area (Å²) in [6.45, 7) is 0. The first-order valence-corrected chi connectivity index (χ1v) is 10.5. The lowest BCUT2D eigenvalue weighted by Crippen LogP contribution is -1.95. The zero-order valence-corrected chi connectivity index (χ0v) is 17.5. The average Bonchev–Trinajstić information content (AvgIpc) is 3.23. The van der Waals surface area contributed by atoms with Crippen molar-refractivity contribution < 1.29 is 9.47 Å². The molecule has 0 saturated carbocycles. The van der Waals surface area contributed by atoms with Gasteiger partial charge in [0.1, 0.15) is 5.75 Å². The lowest BCUT2D eigenvalue weighted by Gasteiger charge is -2.12. The molecule has 6 nitrogen and oxygen atoms in total. The summed E-state index contributed by atoms with van der Waals surface area (Å²) in [5.74, 6) is 1.69. The molecule has 5 rings (SSSR count). The molecule has 0 fully saturated rings.